The Morgan fingerprint density at radius 2 is 2.19 bits per heavy atom. The van der Waals surface area contributed by atoms with Crippen LogP contribution in [0.25, 0.3) is 0 Å². The van der Waals surface area contributed by atoms with Crippen molar-refractivity contribution in [2.24, 2.45) is 5.84 Å². The molecule has 0 saturated carbocycles. The van der Waals surface area contributed by atoms with Gasteiger partial charge < -0.3 is 4.74 Å². The maximum absolute atomic E-state index is 5.92. The number of nitrogens with one attached hydrogen (secondary N) is 1. The van der Waals surface area contributed by atoms with Crippen molar-refractivity contribution < 1.29 is 4.74 Å². The van der Waals surface area contributed by atoms with E-state index in [1.54, 1.807) is 13.3 Å². The second-order valence-electron chi connectivity index (χ2n) is 5.87. The van der Waals surface area contributed by atoms with Crippen molar-refractivity contribution in [3.63, 3.8) is 0 Å². The van der Waals surface area contributed by atoms with Crippen LogP contribution in [0.1, 0.15) is 25.1 Å². The molecule has 2 bridgehead atoms. The van der Waals surface area contributed by atoms with E-state index in [0.717, 1.165) is 44.0 Å². The summed E-state index contributed by atoms with van der Waals surface area (Å²) >= 11 is 0. The monoisotopic (exact) mass is 294 g/mol. The third kappa shape index (κ3) is 2.66. The Kier molecular flexibility index (Phi) is 4.44. The van der Waals surface area contributed by atoms with Crippen LogP contribution in [0.4, 0.5) is 0 Å². The number of fused-ring (bicyclic) bond motifs is 3. The van der Waals surface area contributed by atoms with E-state index >= 15 is 0 Å². The fourth-order valence-electron chi connectivity index (χ4n) is 3.58. The first kappa shape index (κ1) is 14.8. The Hall–Kier alpha value is -1.15. The first-order valence-corrected chi connectivity index (χ1v) is 7.80. The SMILES string of the molecule is CCCn1ncc(OC)c1C(NN)C1CN2CCN1CC2. The van der Waals surface area contributed by atoms with Gasteiger partial charge in [0.05, 0.1) is 19.3 Å². The molecule has 21 heavy (non-hydrogen) atoms. The predicted molar refractivity (Wildman–Crippen MR) is 80.9 cm³/mol. The molecule has 0 amide bonds. The van der Waals surface area contributed by atoms with Crippen molar-refractivity contribution >= 4 is 0 Å². The largest absolute Gasteiger partial charge is 0.493 e. The lowest BCUT2D eigenvalue weighted by molar-refractivity contribution is -0.00536. The molecular formula is C14H26N6O. The van der Waals surface area contributed by atoms with Crippen LogP contribution in [-0.4, -0.2) is 65.5 Å². The lowest BCUT2D eigenvalue weighted by Gasteiger charge is -2.50. The summed E-state index contributed by atoms with van der Waals surface area (Å²) in [6, 6.07) is 0.413. The summed E-state index contributed by atoms with van der Waals surface area (Å²) in [5, 5.41) is 4.47. The summed E-state index contributed by atoms with van der Waals surface area (Å²) < 4.78 is 7.54. The number of hydrogen-bond donors (Lipinski definition) is 2. The molecule has 0 aromatic carbocycles. The van der Waals surface area contributed by atoms with Gasteiger partial charge in [0.15, 0.2) is 5.75 Å². The van der Waals surface area contributed by atoms with Gasteiger partial charge in [0, 0.05) is 45.3 Å². The van der Waals surface area contributed by atoms with Gasteiger partial charge in [-0.1, -0.05) is 6.92 Å². The first-order chi connectivity index (χ1) is 10.3. The van der Waals surface area contributed by atoms with Crippen LogP contribution < -0.4 is 16.0 Å². The third-order valence-corrected chi connectivity index (χ3v) is 4.68. The molecule has 1 aromatic rings. The highest BCUT2D eigenvalue weighted by molar-refractivity contribution is 5.30. The molecule has 2 atom stereocenters. The molecule has 0 radical (unpaired) electrons. The lowest BCUT2D eigenvalue weighted by Crippen LogP contribution is -2.64. The molecule has 1 aromatic heterocycles. The average molecular weight is 294 g/mol. The summed E-state index contributed by atoms with van der Waals surface area (Å²) in [6.07, 6.45) is 2.83. The standard InChI is InChI=1S/C14H26N6O/c1-3-4-20-14(12(21-2)9-16-20)13(17-15)11-10-18-5-7-19(11)8-6-18/h9,11,13,17H,3-8,10,15H2,1-2H3. The fourth-order valence-corrected chi connectivity index (χ4v) is 3.58. The van der Waals surface area contributed by atoms with Gasteiger partial charge in [0.1, 0.15) is 5.69 Å². The molecule has 2 unspecified atom stereocenters. The molecule has 3 fully saturated rings. The minimum atomic E-state index is 0.0390. The molecular weight excluding hydrogens is 268 g/mol. The van der Waals surface area contributed by atoms with Gasteiger partial charge in [-0.2, -0.15) is 5.10 Å². The Balaban J connectivity index is 1.90. The average Bonchev–Trinajstić information content (AvgIpc) is 2.93. The third-order valence-electron chi connectivity index (χ3n) is 4.68. The number of aromatic nitrogens is 2. The number of rotatable bonds is 6. The van der Waals surface area contributed by atoms with Crippen molar-refractivity contribution in [2.75, 3.05) is 39.8 Å². The Bertz CT molecular complexity index is 468. The van der Waals surface area contributed by atoms with E-state index in [4.69, 9.17) is 10.6 Å². The fraction of sp³-hybridized carbons (Fsp3) is 0.786. The van der Waals surface area contributed by atoms with Gasteiger partial charge in [-0.3, -0.25) is 20.3 Å². The van der Waals surface area contributed by atoms with Crippen LogP contribution in [0, 0.1) is 0 Å². The van der Waals surface area contributed by atoms with Crippen LogP contribution in [0.15, 0.2) is 6.20 Å². The van der Waals surface area contributed by atoms with Gasteiger partial charge in [0.2, 0.25) is 0 Å². The van der Waals surface area contributed by atoms with Gasteiger partial charge in [-0.25, -0.2) is 5.43 Å². The zero-order chi connectivity index (χ0) is 14.8. The van der Waals surface area contributed by atoms with Crippen molar-refractivity contribution in [2.45, 2.75) is 32.0 Å². The number of piperazine rings is 3. The molecule has 3 aliphatic heterocycles. The van der Waals surface area contributed by atoms with E-state index < -0.39 is 0 Å². The van der Waals surface area contributed by atoms with Crippen molar-refractivity contribution in [3.05, 3.63) is 11.9 Å². The summed E-state index contributed by atoms with van der Waals surface area (Å²) in [5.74, 6) is 6.75. The second kappa shape index (κ2) is 6.31. The van der Waals surface area contributed by atoms with Crippen molar-refractivity contribution in [3.8, 4) is 5.75 Å². The zero-order valence-electron chi connectivity index (χ0n) is 13.0. The highest BCUT2D eigenvalue weighted by atomic mass is 16.5. The Labute approximate surface area is 126 Å². The van der Waals surface area contributed by atoms with E-state index in [-0.39, 0.29) is 6.04 Å². The summed E-state index contributed by atoms with van der Waals surface area (Å²) in [6.45, 7) is 8.65. The van der Waals surface area contributed by atoms with Crippen LogP contribution in [0.2, 0.25) is 0 Å². The molecule has 118 valence electrons. The smallest absolute Gasteiger partial charge is 0.161 e. The normalized spacial score (nSPS) is 29.6. The minimum absolute atomic E-state index is 0.0390. The molecule has 7 heteroatoms. The molecule has 0 spiro atoms. The maximum Gasteiger partial charge on any atom is 0.161 e. The summed E-state index contributed by atoms with van der Waals surface area (Å²) in [7, 11) is 1.70. The van der Waals surface area contributed by atoms with E-state index in [1.807, 2.05) is 4.68 Å². The highest BCUT2D eigenvalue weighted by Gasteiger charge is 2.39. The minimum Gasteiger partial charge on any atom is -0.493 e. The lowest BCUT2D eigenvalue weighted by atomic mass is 9.97. The second-order valence-corrected chi connectivity index (χ2v) is 5.87. The molecule has 3 saturated heterocycles. The van der Waals surface area contributed by atoms with E-state index in [0.29, 0.717) is 6.04 Å². The number of hydrogen-bond acceptors (Lipinski definition) is 6. The number of methoxy groups -OCH3 is 1. The van der Waals surface area contributed by atoms with Crippen LogP contribution in [0.3, 0.4) is 0 Å². The molecule has 3 N–H and O–H groups in total. The molecule has 0 aliphatic carbocycles. The van der Waals surface area contributed by atoms with Crippen molar-refractivity contribution in [1.82, 2.24) is 25.0 Å². The van der Waals surface area contributed by atoms with Crippen LogP contribution in [0.5, 0.6) is 5.75 Å². The Morgan fingerprint density at radius 1 is 1.43 bits per heavy atom. The molecule has 4 heterocycles. The van der Waals surface area contributed by atoms with E-state index in [2.05, 4.69) is 27.2 Å². The zero-order valence-corrected chi connectivity index (χ0v) is 13.0. The van der Waals surface area contributed by atoms with Crippen LogP contribution >= 0.6 is 0 Å². The topological polar surface area (TPSA) is 71.6 Å². The van der Waals surface area contributed by atoms with Gasteiger partial charge >= 0.3 is 0 Å². The number of nitrogens with zero attached hydrogens (tertiary/aromatic N) is 4. The van der Waals surface area contributed by atoms with Gasteiger partial charge in [-0.05, 0) is 6.42 Å². The number of aryl methyl sites for hydroxylation is 1. The number of ether oxygens (including phenoxy) is 1. The highest BCUT2D eigenvalue weighted by Crippen LogP contribution is 2.32. The molecule has 3 aliphatic rings. The first-order valence-electron chi connectivity index (χ1n) is 7.80. The quantitative estimate of drug-likeness (QED) is 0.559. The van der Waals surface area contributed by atoms with Crippen molar-refractivity contribution in [1.29, 1.82) is 0 Å². The predicted octanol–water partition coefficient (Wildman–Crippen LogP) is -0.194. The summed E-state index contributed by atoms with van der Waals surface area (Å²) in [5.41, 5.74) is 4.09. The van der Waals surface area contributed by atoms with E-state index in [9.17, 15) is 0 Å². The maximum atomic E-state index is 5.92. The van der Waals surface area contributed by atoms with Crippen LogP contribution in [-0.2, 0) is 6.54 Å². The number of nitrogens with two attached hydrogens (primary N) is 1. The van der Waals surface area contributed by atoms with E-state index in [1.165, 1.54) is 13.1 Å². The Morgan fingerprint density at radius 3 is 2.71 bits per heavy atom. The van der Waals surface area contributed by atoms with Gasteiger partial charge in [0.25, 0.3) is 0 Å². The summed E-state index contributed by atoms with van der Waals surface area (Å²) in [4.78, 5) is 5.05. The molecule has 7 nitrogen and oxygen atoms in total. The molecule has 4 rings (SSSR count). The van der Waals surface area contributed by atoms with Gasteiger partial charge in [-0.15, -0.1) is 0 Å². The number of hydrazine groups is 1.